The zero-order valence-electron chi connectivity index (χ0n) is 14.7. The van der Waals surface area contributed by atoms with Crippen LogP contribution in [0.1, 0.15) is 40.6 Å². The molecule has 0 unspecified atom stereocenters. The predicted octanol–water partition coefficient (Wildman–Crippen LogP) is 1.71. The third-order valence-corrected chi connectivity index (χ3v) is 5.63. The van der Waals surface area contributed by atoms with Crippen LogP contribution in [0.5, 0.6) is 0 Å². The minimum Gasteiger partial charge on any atom is -0.462 e. The first-order chi connectivity index (χ1) is 12.6. The van der Waals surface area contributed by atoms with Gasteiger partial charge in [0.25, 0.3) is 0 Å². The molecule has 1 amide bonds. The number of fused-ring (bicyclic) bond motifs is 1. The lowest BCUT2D eigenvalue weighted by atomic mass is 9.94. The Hall–Kier alpha value is -1.97. The fourth-order valence-electron chi connectivity index (χ4n) is 3.21. The fourth-order valence-corrected chi connectivity index (χ4v) is 4.48. The highest BCUT2D eigenvalue weighted by atomic mass is 32.1. The molecule has 0 radical (unpaired) electrons. The van der Waals surface area contributed by atoms with Gasteiger partial charge in [-0.05, 0) is 31.7 Å². The number of carbonyl (C=O) groups is 2. The number of amides is 1. The van der Waals surface area contributed by atoms with E-state index in [0.717, 1.165) is 16.9 Å². The lowest BCUT2D eigenvalue weighted by Gasteiger charge is -2.25. The number of thiophene rings is 1. The van der Waals surface area contributed by atoms with Crippen LogP contribution in [0.2, 0.25) is 0 Å². The summed E-state index contributed by atoms with van der Waals surface area (Å²) in [5, 5.41) is 15.9. The number of carbonyl (C=O) groups excluding carboxylic acids is 2. The normalized spacial score (nSPS) is 19.2. The summed E-state index contributed by atoms with van der Waals surface area (Å²) in [4.78, 5) is 27.7. The molecule has 26 heavy (non-hydrogen) atoms. The van der Waals surface area contributed by atoms with Gasteiger partial charge >= 0.3 is 5.97 Å². The smallest absolute Gasteiger partial charge is 0.341 e. The van der Waals surface area contributed by atoms with Crippen molar-refractivity contribution in [3.63, 3.8) is 0 Å². The molecule has 0 saturated carbocycles. The molecule has 1 saturated heterocycles. The molecule has 1 fully saturated rings. The summed E-state index contributed by atoms with van der Waals surface area (Å²) in [6, 6.07) is 0. The fraction of sp³-hybridized carbons (Fsp3) is 0.588. The zero-order valence-corrected chi connectivity index (χ0v) is 15.6. The SMILES string of the molecule is CCOC(=O)c1c(NC(=O)CN2CCOCC2)sc2c1CCC/C2=N\O. The van der Waals surface area contributed by atoms with Gasteiger partial charge in [0.1, 0.15) is 5.00 Å². The summed E-state index contributed by atoms with van der Waals surface area (Å²) in [5.41, 5.74) is 1.74. The summed E-state index contributed by atoms with van der Waals surface area (Å²) < 4.78 is 10.5. The molecular weight excluding hydrogens is 358 g/mol. The van der Waals surface area contributed by atoms with E-state index in [1.807, 2.05) is 4.90 Å². The molecule has 0 aromatic carbocycles. The van der Waals surface area contributed by atoms with Crippen LogP contribution in [0.4, 0.5) is 5.00 Å². The largest absolute Gasteiger partial charge is 0.462 e. The number of esters is 1. The molecule has 1 aliphatic carbocycles. The first kappa shape index (κ1) is 18.8. The van der Waals surface area contributed by atoms with Crippen LogP contribution in [0.15, 0.2) is 5.16 Å². The van der Waals surface area contributed by atoms with E-state index in [1.54, 1.807) is 6.92 Å². The summed E-state index contributed by atoms with van der Waals surface area (Å²) >= 11 is 1.27. The van der Waals surface area contributed by atoms with Crippen LogP contribution >= 0.6 is 11.3 Å². The molecule has 1 aliphatic heterocycles. The Morgan fingerprint density at radius 3 is 2.81 bits per heavy atom. The molecule has 8 nitrogen and oxygen atoms in total. The van der Waals surface area contributed by atoms with Crippen LogP contribution in [-0.2, 0) is 20.7 Å². The summed E-state index contributed by atoms with van der Waals surface area (Å²) in [6.07, 6.45) is 2.13. The Balaban J connectivity index is 1.84. The Bertz CT molecular complexity index is 709. The number of nitrogens with zero attached hydrogens (tertiary/aromatic N) is 2. The molecule has 0 atom stereocenters. The first-order valence-corrected chi connectivity index (χ1v) is 9.59. The number of nitrogens with one attached hydrogen (secondary N) is 1. The first-order valence-electron chi connectivity index (χ1n) is 8.78. The van der Waals surface area contributed by atoms with Gasteiger partial charge in [-0.25, -0.2) is 4.79 Å². The number of rotatable bonds is 5. The number of anilines is 1. The molecule has 2 N–H and O–H groups in total. The van der Waals surface area contributed by atoms with Crippen molar-refractivity contribution >= 4 is 33.9 Å². The van der Waals surface area contributed by atoms with E-state index in [2.05, 4.69) is 10.5 Å². The molecule has 2 heterocycles. The van der Waals surface area contributed by atoms with Gasteiger partial charge in [0.2, 0.25) is 5.91 Å². The van der Waals surface area contributed by atoms with Crippen molar-refractivity contribution in [2.75, 3.05) is 44.8 Å². The summed E-state index contributed by atoms with van der Waals surface area (Å²) in [7, 11) is 0. The number of hydrogen-bond acceptors (Lipinski definition) is 8. The highest BCUT2D eigenvalue weighted by Crippen LogP contribution is 2.38. The average molecular weight is 381 g/mol. The molecule has 0 bridgehead atoms. The summed E-state index contributed by atoms with van der Waals surface area (Å²) in [6.45, 7) is 4.89. The number of hydrogen-bond donors (Lipinski definition) is 2. The minimum atomic E-state index is -0.453. The Labute approximate surface area is 155 Å². The monoisotopic (exact) mass is 381 g/mol. The van der Waals surface area contributed by atoms with Gasteiger partial charge in [-0.2, -0.15) is 0 Å². The topological polar surface area (TPSA) is 100 Å². The van der Waals surface area contributed by atoms with E-state index < -0.39 is 5.97 Å². The van der Waals surface area contributed by atoms with E-state index >= 15 is 0 Å². The van der Waals surface area contributed by atoms with E-state index in [-0.39, 0.29) is 19.1 Å². The maximum absolute atomic E-state index is 12.5. The maximum atomic E-state index is 12.5. The molecule has 9 heteroatoms. The van der Waals surface area contributed by atoms with Crippen molar-refractivity contribution in [1.29, 1.82) is 0 Å². The third-order valence-electron chi connectivity index (χ3n) is 4.43. The predicted molar refractivity (Wildman–Crippen MR) is 97.4 cm³/mol. The van der Waals surface area contributed by atoms with Crippen LogP contribution in [0, 0.1) is 0 Å². The Kier molecular flexibility index (Phi) is 6.23. The molecule has 0 spiro atoms. The van der Waals surface area contributed by atoms with Gasteiger partial charge in [-0.1, -0.05) is 5.16 Å². The second-order valence-corrected chi connectivity index (χ2v) is 7.19. The zero-order chi connectivity index (χ0) is 18.5. The van der Waals surface area contributed by atoms with Crippen LogP contribution in [0.25, 0.3) is 0 Å². The lowest BCUT2D eigenvalue weighted by Crippen LogP contribution is -2.41. The van der Waals surface area contributed by atoms with Crippen LogP contribution in [-0.4, -0.2) is 67.2 Å². The van der Waals surface area contributed by atoms with Gasteiger partial charge in [-0.15, -0.1) is 11.3 Å². The van der Waals surface area contributed by atoms with E-state index in [1.165, 1.54) is 11.3 Å². The molecule has 2 aliphatic rings. The Morgan fingerprint density at radius 1 is 1.35 bits per heavy atom. The van der Waals surface area contributed by atoms with Gasteiger partial charge < -0.3 is 20.0 Å². The van der Waals surface area contributed by atoms with Crippen molar-refractivity contribution in [1.82, 2.24) is 4.90 Å². The molecule has 1 aromatic rings. The van der Waals surface area contributed by atoms with E-state index in [9.17, 15) is 14.8 Å². The second-order valence-electron chi connectivity index (χ2n) is 6.17. The van der Waals surface area contributed by atoms with Crippen LogP contribution < -0.4 is 5.32 Å². The van der Waals surface area contributed by atoms with Crippen molar-refractivity contribution in [2.45, 2.75) is 26.2 Å². The number of ether oxygens (including phenoxy) is 2. The van der Waals surface area contributed by atoms with Crippen molar-refractivity contribution in [2.24, 2.45) is 5.16 Å². The second kappa shape index (κ2) is 8.61. The van der Waals surface area contributed by atoms with Gasteiger partial charge in [-0.3, -0.25) is 9.69 Å². The van der Waals surface area contributed by atoms with E-state index in [0.29, 0.717) is 55.4 Å². The quantitative estimate of drug-likeness (QED) is 0.458. The summed E-state index contributed by atoms with van der Waals surface area (Å²) in [5.74, 6) is -0.635. The number of morpholine rings is 1. The maximum Gasteiger partial charge on any atom is 0.341 e. The lowest BCUT2D eigenvalue weighted by molar-refractivity contribution is -0.118. The third kappa shape index (κ3) is 4.05. The standard InChI is InChI=1S/C17H23N3O5S/c1-2-25-17(22)14-11-4-3-5-12(19-23)15(11)26-16(14)18-13(21)10-20-6-8-24-9-7-20/h23H,2-10H2,1H3,(H,18,21)/b19-12+. The van der Waals surface area contributed by atoms with Crippen LogP contribution in [0.3, 0.4) is 0 Å². The average Bonchev–Trinajstić information content (AvgIpc) is 3.00. The van der Waals surface area contributed by atoms with E-state index in [4.69, 9.17) is 9.47 Å². The highest BCUT2D eigenvalue weighted by Gasteiger charge is 2.30. The minimum absolute atomic E-state index is 0.182. The molecule has 3 rings (SSSR count). The Morgan fingerprint density at radius 2 is 2.12 bits per heavy atom. The molecule has 1 aromatic heterocycles. The van der Waals surface area contributed by atoms with Gasteiger partial charge in [0.05, 0.1) is 42.5 Å². The van der Waals surface area contributed by atoms with Crippen molar-refractivity contribution < 1.29 is 24.3 Å². The van der Waals surface area contributed by atoms with Crippen molar-refractivity contribution in [3.05, 3.63) is 16.0 Å². The number of oxime groups is 1. The highest BCUT2D eigenvalue weighted by molar-refractivity contribution is 7.19. The van der Waals surface area contributed by atoms with Gasteiger partial charge in [0, 0.05) is 13.1 Å². The molecular formula is C17H23N3O5S. The van der Waals surface area contributed by atoms with Crippen molar-refractivity contribution in [3.8, 4) is 0 Å². The molecule has 142 valence electrons. The van der Waals surface area contributed by atoms with Gasteiger partial charge in [0.15, 0.2) is 0 Å².